The zero-order valence-electron chi connectivity index (χ0n) is 12.8. The molecule has 0 atom stereocenters. The van der Waals surface area contributed by atoms with Gasteiger partial charge in [-0.15, -0.1) is 10.2 Å². The molecule has 0 aliphatic carbocycles. The summed E-state index contributed by atoms with van der Waals surface area (Å²) in [6.07, 6.45) is 0.927. The fourth-order valence-electron chi connectivity index (χ4n) is 1.97. The van der Waals surface area contributed by atoms with Crippen LogP contribution in [0.3, 0.4) is 0 Å². The van der Waals surface area contributed by atoms with Crippen LogP contribution in [0, 0.1) is 0 Å². The Labute approximate surface area is 129 Å². The lowest BCUT2D eigenvalue weighted by molar-refractivity contribution is 0.0931. The number of rotatable bonds is 7. The Morgan fingerprint density at radius 2 is 2.00 bits per heavy atom. The van der Waals surface area contributed by atoms with Crippen LogP contribution in [0.5, 0.6) is 0 Å². The van der Waals surface area contributed by atoms with E-state index < -0.39 is 0 Å². The van der Waals surface area contributed by atoms with E-state index in [9.17, 15) is 4.79 Å². The summed E-state index contributed by atoms with van der Waals surface area (Å²) in [5, 5.41) is 13.9. The minimum Gasteiger partial charge on any atom is -0.383 e. The van der Waals surface area contributed by atoms with Crippen molar-refractivity contribution >= 4 is 17.4 Å². The van der Waals surface area contributed by atoms with Crippen LogP contribution in [0.25, 0.3) is 0 Å². The molecule has 1 heterocycles. The quantitative estimate of drug-likeness (QED) is 0.766. The molecule has 1 amide bonds. The SMILES string of the molecule is CCc1ccccc1Nc1ccc(C(=O)NCCOC)nn1. The van der Waals surface area contributed by atoms with E-state index in [0.717, 1.165) is 12.1 Å². The molecule has 0 spiro atoms. The predicted octanol–water partition coefficient (Wildman–Crippen LogP) is 2.16. The van der Waals surface area contributed by atoms with E-state index in [1.54, 1.807) is 19.2 Å². The van der Waals surface area contributed by atoms with E-state index in [4.69, 9.17) is 4.74 Å². The lowest BCUT2D eigenvalue weighted by Gasteiger charge is -2.10. The summed E-state index contributed by atoms with van der Waals surface area (Å²) in [6, 6.07) is 11.4. The van der Waals surface area contributed by atoms with Crippen LogP contribution in [0.1, 0.15) is 23.0 Å². The topological polar surface area (TPSA) is 76.1 Å². The van der Waals surface area contributed by atoms with Gasteiger partial charge in [0.15, 0.2) is 11.5 Å². The van der Waals surface area contributed by atoms with E-state index in [-0.39, 0.29) is 11.6 Å². The maximum Gasteiger partial charge on any atom is 0.271 e. The molecule has 2 aromatic rings. The van der Waals surface area contributed by atoms with Gasteiger partial charge in [0.1, 0.15) is 0 Å². The zero-order chi connectivity index (χ0) is 15.8. The first kappa shape index (κ1) is 15.9. The van der Waals surface area contributed by atoms with Gasteiger partial charge >= 0.3 is 0 Å². The molecule has 6 heteroatoms. The van der Waals surface area contributed by atoms with Crippen molar-refractivity contribution in [1.29, 1.82) is 0 Å². The van der Waals surface area contributed by atoms with E-state index in [1.807, 2.05) is 18.2 Å². The molecule has 0 aliphatic rings. The number of carbonyl (C=O) groups excluding carboxylic acids is 1. The largest absolute Gasteiger partial charge is 0.383 e. The lowest BCUT2D eigenvalue weighted by atomic mass is 10.1. The second kappa shape index (κ2) is 8.09. The van der Waals surface area contributed by atoms with Crippen LogP contribution in [0.15, 0.2) is 36.4 Å². The monoisotopic (exact) mass is 300 g/mol. The summed E-state index contributed by atoms with van der Waals surface area (Å²) in [7, 11) is 1.58. The minimum atomic E-state index is -0.259. The fraction of sp³-hybridized carbons (Fsp3) is 0.312. The van der Waals surface area contributed by atoms with Gasteiger partial charge in [0.2, 0.25) is 0 Å². The van der Waals surface area contributed by atoms with E-state index in [0.29, 0.717) is 19.0 Å². The predicted molar refractivity (Wildman–Crippen MR) is 85.3 cm³/mol. The first-order chi connectivity index (χ1) is 10.7. The van der Waals surface area contributed by atoms with Gasteiger partial charge in [-0.2, -0.15) is 0 Å². The molecule has 2 N–H and O–H groups in total. The summed E-state index contributed by atoms with van der Waals surface area (Å²) < 4.78 is 4.87. The van der Waals surface area contributed by atoms with Crippen molar-refractivity contribution in [3.05, 3.63) is 47.7 Å². The van der Waals surface area contributed by atoms with Gasteiger partial charge in [-0.1, -0.05) is 25.1 Å². The molecule has 1 aromatic heterocycles. The molecule has 22 heavy (non-hydrogen) atoms. The van der Waals surface area contributed by atoms with Crippen LogP contribution in [-0.2, 0) is 11.2 Å². The van der Waals surface area contributed by atoms with Gasteiger partial charge in [0.05, 0.1) is 6.61 Å². The summed E-state index contributed by atoms with van der Waals surface area (Å²) in [5.74, 6) is 0.347. The third kappa shape index (κ3) is 4.26. The number of hydrogen-bond acceptors (Lipinski definition) is 5. The zero-order valence-corrected chi connectivity index (χ0v) is 12.8. The Balaban J connectivity index is 2.01. The highest BCUT2D eigenvalue weighted by Crippen LogP contribution is 2.19. The molecule has 6 nitrogen and oxygen atoms in total. The van der Waals surface area contributed by atoms with Crippen LogP contribution < -0.4 is 10.6 Å². The van der Waals surface area contributed by atoms with Gasteiger partial charge in [0.25, 0.3) is 5.91 Å². The van der Waals surface area contributed by atoms with Crippen molar-refractivity contribution in [2.24, 2.45) is 0 Å². The molecular weight excluding hydrogens is 280 g/mol. The fourth-order valence-corrected chi connectivity index (χ4v) is 1.97. The van der Waals surface area contributed by atoms with Gasteiger partial charge in [-0.3, -0.25) is 4.79 Å². The van der Waals surface area contributed by atoms with E-state index >= 15 is 0 Å². The van der Waals surface area contributed by atoms with Crippen molar-refractivity contribution in [2.75, 3.05) is 25.6 Å². The number of aromatic nitrogens is 2. The number of ether oxygens (including phenoxy) is 1. The number of amides is 1. The second-order valence-corrected chi connectivity index (χ2v) is 4.69. The molecule has 1 aromatic carbocycles. The number of hydrogen-bond donors (Lipinski definition) is 2. The molecule has 0 fully saturated rings. The van der Waals surface area contributed by atoms with Gasteiger partial charge in [-0.05, 0) is 30.2 Å². The number of para-hydroxylation sites is 1. The normalized spacial score (nSPS) is 10.3. The molecule has 0 radical (unpaired) electrons. The smallest absolute Gasteiger partial charge is 0.271 e. The molecular formula is C16H20N4O2. The van der Waals surface area contributed by atoms with E-state index in [2.05, 4.69) is 33.8 Å². The van der Waals surface area contributed by atoms with Crippen molar-refractivity contribution in [2.45, 2.75) is 13.3 Å². The average Bonchev–Trinajstić information content (AvgIpc) is 2.56. The van der Waals surface area contributed by atoms with Crippen LogP contribution >= 0.6 is 0 Å². The molecule has 0 bridgehead atoms. The molecule has 0 saturated heterocycles. The van der Waals surface area contributed by atoms with Gasteiger partial charge in [0, 0.05) is 19.3 Å². The first-order valence-electron chi connectivity index (χ1n) is 7.20. The molecule has 0 aliphatic heterocycles. The van der Waals surface area contributed by atoms with Crippen molar-refractivity contribution in [3.63, 3.8) is 0 Å². The van der Waals surface area contributed by atoms with Crippen LogP contribution in [-0.4, -0.2) is 36.4 Å². The molecule has 2 rings (SSSR count). The third-order valence-electron chi connectivity index (χ3n) is 3.15. The number of nitrogens with one attached hydrogen (secondary N) is 2. The van der Waals surface area contributed by atoms with Crippen molar-refractivity contribution < 1.29 is 9.53 Å². The van der Waals surface area contributed by atoms with Crippen LogP contribution in [0.2, 0.25) is 0 Å². The Morgan fingerprint density at radius 1 is 1.18 bits per heavy atom. The second-order valence-electron chi connectivity index (χ2n) is 4.69. The summed E-state index contributed by atoms with van der Waals surface area (Å²) in [4.78, 5) is 11.8. The van der Waals surface area contributed by atoms with Crippen LogP contribution in [0.4, 0.5) is 11.5 Å². The first-order valence-corrected chi connectivity index (χ1v) is 7.20. The number of benzene rings is 1. The summed E-state index contributed by atoms with van der Waals surface area (Å²) in [5.41, 5.74) is 2.48. The number of aryl methyl sites for hydroxylation is 1. The molecule has 116 valence electrons. The highest BCUT2D eigenvalue weighted by Gasteiger charge is 2.08. The standard InChI is InChI=1S/C16H20N4O2/c1-3-12-6-4-5-7-13(12)18-15-9-8-14(19-20-15)16(21)17-10-11-22-2/h4-9H,3,10-11H2,1-2H3,(H,17,21)(H,18,20). The highest BCUT2D eigenvalue weighted by molar-refractivity contribution is 5.92. The highest BCUT2D eigenvalue weighted by atomic mass is 16.5. The number of anilines is 2. The summed E-state index contributed by atoms with van der Waals surface area (Å²) in [6.45, 7) is 3.01. The molecule has 0 saturated carbocycles. The van der Waals surface area contributed by atoms with Crippen molar-refractivity contribution in [1.82, 2.24) is 15.5 Å². The van der Waals surface area contributed by atoms with Gasteiger partial charge in [-0.25, -0.2) is 0 Å². The maximum atomic E-state index is 11.8. The lowest BCUT2D eigenvalue weighted by Crippen LogP contribution is -2.27. The molecule has 0 unspecified atom stereocenters. The number of nitrogens with zero attached hydrogens (tertiary/aromatic N) is 2. The Kier molecular flexibility index (Phi) is 5.85. The van der Waals surface area contributed by atoms with Gasteiger partial charge < -0.3 is 15.4 Å². The third-order valence-corrected chi connectivity index (χ3v) is 3.15. The Bertz CT molecular complexity index is 614. The van der Waals surface area contributed by atoms with Crippen molar-refractivity contribution in [3.8, 4) is 0 Å². The average molecular weight is 300 g/mol. The number of carbonyl (C=O) groups is 1. The van der Waals surface area contributed by atoms with E-state index in [1.165, 1.54) is 5.56 Å². The maximum absolute atomic E-state index is 11.8. The minimum absolute atomic E-state index is 0.259. The Hall–Kier alpha value is -2.47. The Morgan fingerprint density at radius 3 is 2.68 bits per heavy atom. The number of methoxy groups -OCH3 is 1. The summed E-state index contributed by atoms with van der Waals surface area (Å²) >= 11 is 0.